The molecule has 2 N–H and O–H groups in total. The Hall–Kier alpha value is -2.67. The molecule has 3 rings (SSSR count). The summed E-state index contributed by atoms with van der Waals surface area (Å²) >= 11 is 1.49. The second kappa shape index (κ2) is 8.43. The van der Waals surface area contributed by atoms with Crippen molar-refractivity contribution in [3.8, 4) is 0 Å². The SMILES string of the molecule is O=C(CCCNC(=O)c1ccsc1)NCCc1cn2ccccc2n1. The van der Waals surface area contributed by atoms with Crippen LogP contribution in [0, 0.1) is 0 Å². The van der Waals surface area contributed by atoms with Crippen LogP contribution >= 0.6 is 11.3 Å². The molecular formula is C18H20N4O2S. The van der Waals surface area contributed by atoms with Crippen molar-refractivity contribution in [3.05, 3.63) is 58.7 Å². The number of amides is 2. The van der Waals surface area contributed by atoms with E-state index in [4.69, 9.17) is 0 Å². The van der Waals surface area contributed by atoms with Gasteiger partial charge in [0.15, 0.2) is 0 Å². The van der Waals surface area contributed by atoms with E-state index in [0.29, 0.717) is 37.9 Å². The summed E-state index contributed by atoms with van der Waals surface area (Å²) in [4.78, 5) is 28.1. The summed E-state index contributed by atoms with van der Waals surface area (Å²) < 4.78 is 1.97. The first-order valence-electron chi connectivity index (χ1n) is 8.22. The Morgan fingerprint density at radius 3 is 2.88 bits per heavy atom. The number of pyridine rings is 1. The lowest BCUT2D eigenvalue weighted by molar-refractivity contribution is -0.121. The van der Waals surface area contributed by atoms with Crippen molar-refractivity contribution in [2.45, 2.75) is 19.3 Å². The molecule has 0 radical (unpaired) electrons. The Labute approximate surface area is 149 Å². The van der Waals surface area contributed by atoms with E-state index in [2.05, 4.69) is 15.6 Å². The Morgan fingerprint density at radius 1 is 1.16 bits per heavy atom. The number of fused-ring (bicyclic) bond motifs is 1. The van der Waals surface area contributed by atoms with Gasteiger partial charge in [0.25, 0.3) is 5.91 Å². The van der Waals surface area contributed by atoms with Gasteiger partial charge in [-0.05, 0) is 30.0 Å². The fraction of sp³-hybridized carbons (Fsp3) is 0.278. The highest BCUT2D eigenvalue weighted by Gasteiger charge is 2.06. The van der Waals surface area contributed by atoms with Gasteiger partial charge in [0, 0.05) is 49.3 Å². The first kappa shape index (κ1) is 17.2. The summed E-state index contributed by atoms with van der Waals surface area (Å²) in [7, 11) is 0. The van der Waals surface area contributed by atoms with Crippen LogP contribution in [0.15, 0.2) is 47.4 Å². The first-order chi connectivity index (χ1) is 12.2. The van der Waals surface area contributed by atoms with Gasteiger partial charge in [-0.15, -0.1) is 0 Å². The molecule has 6 nitrogen and oxygen atoms in total. The maximum atomic E-state index is 11.8. The third kappa shape index (κ3) is 4.90. The third-order valence-corrected chi connectivity index (χ3v) is 4.45. The standard InChI is InChI=1S/C18H20N4O2S/c23-17(5-3-8-20-18(24)14-7-11-25-13-14)19-9-6-15-12-22-10-2-1-4-16(22)21-15/h1-2,4,7,10-13H,3,5-6,8-9H2,(H,19,23)(H,20,24). The van der Waals surface area contributed by atoms with Gasteiger partial charge < -0.3 is 15.0 Å². The van der Waals surface area contributed by atoms with Crippen LogP contribution in [-0.4, -0.2) is 34.3 Å². The van der Waals surface area contributed by atoms with Crippen LogP contribution in [0.3, 0.4) is 0 Å². The van der Waals surface area contributed by atoms with E-state index in [1.165, 1.54) is 11.3 Å². The fourth-order valence-corrected chi connectivity index (χ4v) is 3.11. The molecule has 3 heterocycles. The molecule has 0 fully saturated rings. The molecule has 0 bridgehead atoms. The first-order valence-corrected chi connectivity index (χ1v) is 9.16. The van der Waals surface area contributed by atoms with E-state index < -0.39 is 0 Å². The second-order valence-electron chi connectivity index (χ2n) is 5.67. The Balaban J connectivity index is 1.31. The zero-order valence-electron chi connectivity index (χ0n) is 13.8. The summed E-state index contributed by atoms with van der Waals surface area (Å²) in [6.07, 6.45) is 5.64. The topological polar surface area (TPSA) is 75.5 Å². The van der Waals surface area contributed by atoms with Gasteiger partial charge in [-0.3, -0.25) is 9.59 Å². The zero-order valence-corrected chi connectivity index (χ0v) is 14.6. The highest BCUT2D eigenvalue weighted by atomic mass is 32.1. The second-order valence-corrected chi connectivity index (χ2v) is 6.45. The van der Waals surface area contributed by atoms with Gasteiger partial charge in [0.2, 0.25) is 5.91 Å². The molecule has 0 aliphatic heterocycles. The number of carbonyl (C=O) groups is 2. The normalized spacial score (nSPS) is 10.7. The molecule has 2 amide bonds. The summed E-state index contributed by atoms with van der Waals surface area (Å²) in [6.45, 7) is 1.05. The summed E-state index contributed by atoms with van der Waals surface area (Å²) in [5.74, 6) is -0.0953. The van der Waals surface area contributed by atoms with Crippen molar-refractivity contribution in [1.82, 2.24) is 20.0 Å². The number of hydrogen-bond acceptors (Lipinski definition) is 4. The molecule has 0 atom stereocenters. The molecule has 3 aromatic rings. The molecule has 7 heteroatoms. The van der Waals surface area contributed by atoms with Crippen LogP contribution in [0.2, 0.25) is 0 Å². The lowest BCUT2D eigenvalue weighted by atomic mass is 10.2. The number of nitrogens with zero attached hydrogens (tertiary/aromatic N) is 2. The van der Waals surface area contributed by atoms with Crippen LogP contribution in [0.25, 0.3) is 5.65 Å². The Kier molecular flexibility index (Phi) is 5.79. The molecule has 0 spiro atoms. The number of nitrogens with one attached hydrogen (secondary N) is 2. The van der Waals surface area contributed by atoms with Gasteiger partial charge >= 0.3 is 0 Å². The van der Waals surface area contributed by atoms with Crippen molar-refractivity contribution in [2.24, 2.45) is 0 Å². The molecule has 0 saturated heterocycles. The van der Waals surface area contributed by atoms with E-state index in [-0.39, 0.29) is 11.8 Å². The van der Waals surface area contributed by atoms with Crippen molar-refractivity contribution >= 4 is 28.8 Å². The number of rotatable bonds is 8. The minimum Gasteiger partial charge on any atom is -0.356 e. The highest BCUT2D eigenvalue weighted by molar-refractivity contribution is 7.08. The number of imidazole rings is 1. The van der Waals surface area contributed by atoms with Gasteiger partial charge in [-0.25, -0.2) is 4.98 Å². The average molecular weight is 356 g/mol. The molecule has 0 unspecified atom stereocenters. The molecule has 0 saturated carbocycles. The van der Waals surface area contributed by atoms with E-state index in [1.807, 2.05) is 40.4 Å². The maximum absolute atomic E-state index is 11.8. The van der Waals surface area contributed by atoms with Crippen LogP contribution in [0.1, 0.15) is 28.9 Å². The summed E-state index contributed by atoms with van der Waals surface area (Å²) in [5, 5.41) is 9.38. The van der Waals surface area contributed by atoms with E-state index in [1.54, 1.807) is 11.4 Å². The zero-order chi connectivity index (χ0) is 17.5. The fourth-order valence-electron chi connectivity index (χ4n) is 2.47. The number of carbonyl (C=O) groups excluding carboxylic acids is 2. The maximum Gasteiger partial charge on any atom is 0.252 e. The van der Waals surface area contributed by atoms with Crippen LogP contribution in [0.5, 0.6) is 0 Å². The van der Waals surface area contributed by atoms with Crippen molar-refractivity contribution < 1.29 is 9.59 Å². The molecule has 0 aromatic carbocycles. The summed E-state index contributed by atoms with van der Waals surface area (Å²) in [5.41, 5.74) is 2.53. The van der Waals surface area contributed by atoms with Crippen LogP contribution in [0.4, 0.5) is 0 Å². The number of hydrogen-bond donors (Lipinski definition) is 2. The molecular weight excluding hydrogens is 336 g/mol. The predicted molar refractivity (Wildman–Crippen MR) is 97.8 cm³/mol. The molecule has 0 aliphatic rings. The van der Waals surface area contributed by atoms with E-state index >= 15 is 0 Å². The van der Waals surface area contributed by atoms with Crippen molar-refractivity contribution in [1.29, 1.82) is 0 Å². The Morgan fingerprint density at radius 2 is 2.08 bits per heavy atom. The van der Waals surface area contributed by atoms with Crippen LogP contribution < -0.4 is 10.6 Å². The van der Waals surface area contributed by atoms with Crippen molar-refractivity contribution in [2.75, 3.05) is 13.1 Å². The lowest BCUT2D eigenvalue weighted by Crippen LogP contribution is -2.28. The summed E-state index contributed by atoms with van der Waals surface area (Å²) in [6, 6.07) is 7.64. The molecule has 25 heavy (non-hydrogen) atoms. The molecule has 130 valence electrons. The van der Waals surface area contributed by atoms with Gasteiger partial charge in [0.1, 0.15) is 5.65 Å². The smallest absolute Gasteiger partial charge is 0.252 e. The largest absolute Gasteiger partial charge is 0.356 e. The predicted octanol–water partition coefficient (Wildman–Crippen LogP) is 2.26. The monoisotopic (exact) mass is 356 g/mol. The van der Waals surface area contributed by atoms with Gasteiger partial charge in [-0.1, -0.05) is 6.07 Å². The number of aromatic nitrogens is 2. The van der Waals surface area contributed by atoms with Crippen LogP contribution in [-0.2, 0) is 11.2 Å². The van der Waals surface area contributed by atoms with E-state index in [0.717, 1.165) is 11.3 Å². The molecule has 0 aliphatic carbocycles. The lowest BCUT2D eigenvalue weighted by Gasteiger charge is -2.05. The Bertz CT molecular complexity index is 809. The quantitative estimate of drug-likeness (QED) is 0.608. The minimum absolute atomic E-state index is 0.00598. The average Bonchev–Trinajstić information content (AvgIpc) is 3.27. The molecule has 3 aromatic heterocycles. The number of thiophene rings is 1. The van der Waals surface area contributed by atoms with Gasteiger partial charge in [-0.2, -0.15) is 11.3 Å². The van der Waals surface area contributed by atoms with Crippen molar-refractivity contribution in [3.63, 3.8) is 0 Å². The third-order valence-electron chi connectivity index (χ3n) is 3.77. The van der Waals surface area contributed by atoms with E-state index in [9.17, 15) is 9.59 Å². The van der Waals surface area contributed by atoms with Gasteiger partial charge in [0.05, 0.1) is 5.69 Å². The minimum atomic E-state index is -0.0893. The highest BCUT2D eigenvalue weighted by Crippen LogP contribution is 2.06.